The van der Waals surface area contributed by atoms with Crippen LogP contribution in [0, 0.1) is 0 Å². The Balaban J connectivity index is 1.15. The second-order valence-electron chi connectivity index (χ2n) is 14.4. The summed E-state index contributed by atoms with van der Waals surface area (Å²) in [6.07, 6.45) is 0. The highest BCUT2D eigenvalue weighted by molar-refractivity contribution is 6.21. The molecule has 1 aromatic heterocycles. The van der Waals surface area contributed by atoms with Gasteiger partial charge in [-0.1, -0.05) is 170 Å². The Kier molecular flexibility index (Phi) is 7.11. The first-order valence-corrected chi connectivity index (χ1v) is 18.9. The predicted octanol–water partition coefficient (Wildman–Crippen LogP) is 14.2. The van der Waals surface area contributed by atoms with Gasteiger partial charge in [-0.2, -0.15) is 0 Å². The van der Waals surface area contributed by atoms with Crippen LogP contribution >= 0.6 is 0 Å². The van der Waals surface area contributed by atoms with Crippen molar-refractivity contribution in [1.29, 1.82) is 0 Å². The molecule has 0 saturated carbocycles. The lowest BCUT2D eigenvalue weighted by atomic mass is 9.67. The third kappa shape index (κ3) is 4.75. The highest BCUT2D eigenvalue weighted by atomic mass is 16.3. The van der Waals surface area contributed by atoms with Crippen LogP contribution in [0.4, 0.5) is 17.1 Å². The lowest BCUT2D eigenvalue weighted by molar-refractivity contribution is 0.669. The number of benzene rings is 9. The van der Waals surface area contributed by atoms with Crippen molar-refractivity contribution >= 4 is 49.8 Å². The molecule has 0 spiro atoms. The second-order valence-corrected chi connectivity index (χ2v) is 14.4. The lowest BCUT2D eigenvalue weighted by Gasteiger charge is -2.34. The molecule has 0 amide bonds. The molecule has 55 heavy (non-hydrogen) atoms. The standard InChI is InChI=1S/C53H35NO/c1-5-16-36(17-6-1)37-28-31-43-38(34-37)29-33-50-51(43)46-25-15-27-49(52(46)55-50)54(41-22-11-4-12-23-41)42-30-32-45-44-24-13-14-26-47(44)53(48(45)35-42,39-18-7-2-8-19-39)40-20-9-3-10-21-40/h1-35H. The summed E-state index contributed by atoms with van der Waals surface area (Å²) in [4.78, 5) is 2.37. The van der Waals surface area contributed by atoms with Crippen LogP contribution in [0.15, 0.2) is 217 Å². The summed E-state index contributed by atoms with van der Waals surface area (Å²) in [7, 11) is 0. The molecule has 0 N–H and O–H groups in total. The summed E-state index contributed by atoms with van der Waals surface area (Å²) >= 11 is 0. The Labute approximate surface area is 320 Å². The van der Waals surface area contributed by atoms with Crippen molar-refractivity contribution in [2.45, 2.75) is 5.41 Å². The van der Waals surface area contributed by atoms with Crippen molar-refractivity contribution < 1.29 is 4.42 Å². The van der Waals surface area contributed by atoms with Gasteiger partial charge in [0.05, 0.1) is 11.1 Å². The number of rotatable bonds is 6. The van der Waals surface area contributed by atoms with Gasteiger partial charge in [-0.25, -0.2) is 0 Å². The van der Waals surface area contributed by atoms with Crippen molar-refractivity contribution in [1.82, 2.24) is 0 Å². The van der Waals surface area contributed by atoms with E-state index in [1.54, 1.807) is 0 Å². The maximum absolute atomic E-state index is 6.91. The normalized spacial score (nSPS) is 12.9. The van der Waals surface area contributed by atoms with E-state index in [0.29, 0.717) is 0 Å². The van der Waals surface area contributed by atoms with E-state index in [0.717, 1.165) is 39.0 Å². The quantitative estimate of drug-likeness (QED) is 0.172. The first-order valence-electron chi connectivity index (χ1n) is 18.9. The van der Waals surface area contributed by atoms with Crippen LogP contribution in [0.3, 0.4) is 0 Å². The van der Waals surface area contributed by atoms with E-state index in [-0.39, 0.29) is 0 Å². The van der Waals surface area contributed by atoms with Crippen molar-refractivity contribution in [2.24, 2.45) is 0 Å². The number of hydrogen-bond acceptors (Lipinski definition) is 2. The van der Waals surface area contributed by atoms with E-state index in [9.17, 15) is 0 Å². The highest BCUT2D eigenvalue weighted by Crippen LogP contribution is 2.57. The summed E-state index contributed by atoms with van der Waals surface area (Å²) in [6, 6.07) is 76.8. The molecule has 0 unspecified atom stereocenters. The molecule has 0 saturated heterocycles. The van der Waals surface area contributed by atoms with Crippen LogP contribution in [0.5, 0.6) is 0 Å². The van der Waals surface area contributed by atoms with Gasteiger partial charge < -0.3 is 9.32 Å². The van der Waals surface area contributed by atoms with E-state index in [1.165, 1.54) is 55.3 Å². The smallest absolute Gasteiger partial charge is 0.159 e. The molecule has 0 aliphatic heterocycles. The molecule has 0 radical (unpaired) electrons. The predicted molar refractivity (Wildman–Crippen MR) is 229 cm³/mol. The number of nitrogens with zero attached hydrogens (tertiary/aromatic N) is 1. The van der Waals surface area contributed by atoms with Gasteiger partial charge in [0.2, 0.25) is 0 Å². The van der Waals surface area contributed by atoms with Gasteiger partial charge in [-0.15, -0.1) is 0 Å². The molecule has 9 aromatic carbocycles. The summed E-state index contributed by atoms with van der Waals surface area (Å²) in [6.45, 7) is 0. The van der Waals surface area contributed by atoms with Crippen LogP contribution in [0.1, 0.15) is 22.3 Å². The molecule has 0 atom stereocenters. The lowest BCUT2D eigenvalue weighted by Crippen LogP contribution is -2.28. The molecule has 0 fully saturated rings. The van der Waals surface area contributed by atoms with Crippen LogP contribution in [-0.4, -0.2) is 0 Å². The minimum Gasteiger partial charge on any atom is -0.454 e. The zero-order valence-corrected chi connectivity index (χ0v) is 30.1. The molecule has 1 aliphatic carbocycles. The molecular weight excluding hydrogens is 667 g/mol. The van der Waals surface area contributed by atoms with Crippen molar-refractivity contribution in [3.63, 3.8) is 0 Å². The van der Waals surface area contributed by atoms with Gasteiger partial charge in [-0.05, 0) is 97.7 Å². The van der Waals surface area contributed by atoms with Crippen LogP contribution in [0.25, 0.3) is 55.0 Å². The van der Waals surface area contributed by atoms with Gasteiger partial charge in [0, 0.05) is 22.1 Å². The molecule has 2 heteroatoms. The second kappa shape index (κ2) is 12.5. The van der Waals surface area contributed by atoms with E-state index in [2.05, 4.69) is 217 Å². The number of furan rings is 1. The molecule has 0 bridgehead atoms. The van der Waals surface area contributed by atoms with Gasteiger partial charge in [0.15, 0.2) is 5.58 Å². The topological polar surface area (TPSA) is 16.4 Å². The van der Waals surface area contributed by atoms with Gasteiger partial charge >= 0.3 is 0 Å². The Hall–Kier alpha value is -7.16. The van der Waals surface area contributed by atoms with E-state index < -0.39 is 5.41 Å². The monoisotopic (exact) mass is 701 g/mol. The molecular formula is C53H35NO. The molecule has 11 rings (SSSR count). The number of hydrogen-bond donors (Lipinski definition) is 0. The zero-order valence-electron chi connectivity index (χ0n) is 30.1. The average Bonchev–Trinajstić information content (AvgIpc) is 3.80. The first kappa shape index (κ1) is 31.4. The first-order chi connectivity index (χ1) is 27.3. The molecule has 1 heterocycles. The Bertz CT molecular complexity index is 2980. The fraction of sp³-hybridized carbons (Fsp3) is 0.0189. The van der Waals surface area contributed by atoms with E-state index >= 15 is 0 Å². The van der Waals surface area contributed by atoms with Crippen molar-refractivity contribution in [3.05, 3.63) is 235 Å². The third-order valence-corrected chi connectivity index (χ3v) is 11.5. The fourth-order valence-corrected chi connectivity index (χ4v) is 9.17. The minimum atomic E-state index is -0.504. The van der Waals surface area contributed by atoms with E-state index in [1.807, 2.05) is 0 Å². The molecule has 258 valence electrons. The summed E-state index contributed by atoms with van der Waals surface area (Å²) in [5.41, 5.74) is 14.4. The third-order valence-electron chi connectivity index (χ3n) is 11.5. The van der Waals surface area contributed by atoms with Crippen molar-refractivity contribution in [3.8, 4) is 22.3 Å². The van der Waals surface area contributed by atoms with Crippen molar-refractivity contribution in [2.75, 3.05) is 4.90 Å². The van der Waals surface area contributed by atoms with E-state index in [4.69, 9.17) is 4.42 Å². The molecule has 2 nitrogen and oxygen atoms in total. The summed E-state index contributed by atoms with van der Waals surface area (Å²) in [5.74, 6) is 0. The Morgan fingerprint density at radius 2 is 1.05 bits per heavy atom. The maximum atomic E-state index is 6.91. The zero-order chi connectivity index (χ0) is 36.3. The number of para-hydroxylation sites is 2. The average molecular weight is 702 g/mol. The van der Waals surface area contributed by atoms with Gasteiger partial charge in [0.1, 0.15) is 5.58 Å². The van der Waals surface area contributed by atoms with Gasteiger partial charge in [0.25, 0.3) is 0 Å². The Morgan fingerprint density at radius 3 is 1.80 bits per heavy atom. The summed E-state index contributed by atoms with van der Waals surface area (Å²) in [5, 5.41) is 4.62. The maximum Gasteiger partial charge on any atom is 0.159 e. The van der Waals surface area contributed by atoms with Crippen LogP contribution in [-0.2, 0) is 5.41 Å². The largest absolute Gasteiger partial charge is 0.454 e. The SMILES string of the molecule is c1ccc(-c2ccc3c(ccc4oc5c(N(c6ccccc6)c6ccc7c(c6)C(c6ccccc6)(c6ccccc6)c6ccccc6-7)cccc5c43)c2)cc1. The van der Waals surface area contributed by atoms with Crippen LogP contribution < -0.4 is 4.90 Å². The fourth-order valence-electron chi connectivity index (χ4n) is 9.17. The van der Waals surface area contributed by atoms with Crippen LogP contribution in [0.2, 0.25) is 0 Å². The summed E-state index contributed by atoms with van der Waals surface area (Å²) < 4.78 is 6.91. The molecule has 1 aliphatic rings. The Morgan fingerprint density at radius 1 is 0.400 bits per heavy atom. The number of fused-ring (bicyclic) bond motifs is 8. The highest BCUT2D eigenvalue weighted by Gasteiger charge is 2.46. The minimum absolute atomic E-state index is 0.504. The number of anilines is 3. The molecule has 10 aromatic rings. The van der Waals surface area contributed by atoms with Gasteiger partial charge in [-0.3, -0.25) is 0 Å².